The molecule has 2 N–H and O–H groups in total. The van der Waals surface area contributed by atoms with E-state index in [0.717, 1.165) is 17.7 Å². The van der Waals surface area contributed by atoms with E-state index in [1.165, 1.54) is 0 Å². The molecule has 5 heteroatoms. The third-order valence-corrected chi connectivity index (χ3v) is 4.77. The van der Waals surface area contributed by atoms with Crippen molar-refractivity contribution >= 4 is 17.5 Å². The number of benzene rings is 1. The number of methoxy groups -OCH3 is 2. The molecule has 1 rings (SSSR count). The van der Waals surface area contributed by atoms with E-state index in [2.05, 4.69) is 0 Å². The first-order chi connectivity index (χ1) is 10.5. The smallest absolute Gasteiger partial charge is 0.182 e. The summed E-state index contributed by atoms with van der Waals surface area (Å²) in [5, 5.41) is 0. The molecule has 1 aromatic carbocycles. The van der Waals surface area contributed by atoms with Gasteiger partial charge in [-0.15, -0.1) is 11.8 Å². The summed E-state index contributed by atoms with van der Waals surface area (Å²) in [5.74, 6) is -0.0162. The van der Waals surface area contributed by atoms with E-state index in [-0.39, 0.29) is 11.7 Å². The first-order valence-electron chi connectivity index (χ1n) is 7.43. The van der Waals surface area contributed by atoms with Crippen molar-refractivity contribution in [3.63, 3.8) is 0 Å². The normalized spacial score (nSPS) is 14.1. The van der Waals surface area contributed by atoms with Crippen LogP contribution in [-0.4, -0.2) is 45.0 Å². The first kappa shape index (κ1) is 19.2. The average molecular weight is 325 g/mol. The molecule has 0 aliphatic heterocycles. The highest BCUT2D eigenvalue weighted by Crippen LogP contribution is 2.27. The maximum atomic E-state index is 12.8. The van der Waals surface area contributed by atoms with E-state index >= 15 is 0 Å². The number of ether oxygens (including phenoxy) is 2. The Bertz CT molecular complexity index is 451. The standard InChI is InChI=1S/C17H27NO3S/c1-17(18,14(9-11-20-2)10-12-21-3)16(19)13-5-7-15(22-4)8-6-13/h5-8,14H,9-12,18H2,1-4H3. The van der Waals surface area contributed by atoms with Crippen LogP contribution in [0.25, 0.3) is 0 Å². The van der Waals surface area contributed by atoms with E-state index in [9.17, 15) is 4.79 Å². The molecule has 0 radical (unpaired) electrons. The third-order valence-electron chi connectivity index (χ3n) is 4.03. The molecule has 4 nitrogen and oxygen atoms in total. The van der Waals surface area contributed by atoms with Gasteiger partial charge in [-0.2, -0.15) is 0 Å². The Kier molecular flexibility index (Phi) is 8.10. The molecule has 0 amide bonds. The fraction of sp³-hybridized carbons (Fsp3) is 0.588. The molecule has 0 aliphatic rings. The van der Waals surface area contributed by atoms with Crippen LogP contribution in [0.4, 0.5) is 0 Å². The highest BCUT2D eigenvalue weighted by molar-refractivity contribution is 7.98. The zero-order chi connectivity index (χ0) is 16.6. The molecule has 22 heavy (non-hydrogen) atoms. The average Bonchev–Trinajstić information content (AvgIpc) is 2.54. The molecular weight excluding hydrogens is 298 g/mol. The van der Waals surface area contributed by atoms with E-state index in [1.54, 1.807) is 26.0 Å². The maximum Gasteiger partial charge on any atom is 0.182 e. The number of carbonyl (C=O) groups excluding carboxylic acids is 1. The van der Waals surface area contributed by atoms with Gasteiger partial charge in [0.15, 0.2) is 5.78 Å². The third kappa shape index (κ3) is 5.09. The maximum absolute atomic E-state index is 12.8. The van der Waals surface area contributed by atoms with Crippen LogP contribution in [0.15, 0.2) is 29.2 Å². The lowest BCUT2D eigenvalue weighted by molar-refractivity contribution is 0.0749. The SMILES string of the molecule is COCCC(CCOC)C(C)(N)C(=O)c1ccc(SC)cc1. The highest BCUT2D eigenvalue weighted by atomic mass is 32.2. The van der Waals surface area contributed by atoms with Crippen molar-refractivity contribution in [2.75, 3.05) is 33.7 Å². The second-order valence-electron chi connectivity index (χ2n) is 5.60. The quantitative estimate of drug-likeness (QED) is 0.529. The lowest BCUT2D eigenvalue weighted by Crippen LogP contribution is -2.52. The molecule has 0 bridgehead atoms. The van der Waals surface area contributed by atoms with Crippen molar-refractivity contribution < 1.29 is 14.3 Å². The highest BCUT2D eigenvalue weighted by Gasteiger charge is 2.37. The van der Waals surface area contributed by atoms with Gasteiger partial charge >= 0.3 is 0 Å². The Morgan fingerprint density at radius 2 is 1.68 bits per heavy atom. The first-order valence-corrected chi connectivity index (χ1v) is 8.65. The molecule has 1 atom stereocenters. The van der Waals surface area contributed by atoms with Crippen LogP contribution in [0.3, 0.4) is 0 Å². The van der Waals surface area contributed by atoms with Crippen molar-refractivity contribution in [3.8, 4) is 0 Å². The number of rotatable bonds is 10. The van der Waals surface area contributed by atoms with Crippen LogP contribution in [0.2, 0.25) is 0 Å². The lowest BCUT2D eigenvalue weighted by atomic mass is 9.77. The Labute approximate surface area is 137 Å². The molecule has 0 spiro atoms. The summed E-state index contributed by atoms with van der Waals surface area (Å²) in [4.78, 5) is 14.0. The van der Waals surface area contributed by atoms with Gasteiger partial charge in [0, 0.05) is 37.9 Å². The molecule has 0 saturated carbocycles. The van der Waals surface area contributed by atoms with E-state index < -0.39 is 5.54 Å². The van der Waals surface area contributed by atoms with Crippen LogP contribution < -0.4 is 5.73 Å². The van der Waals surface area contributed by atoms with Crippen molar-refractivity contribution in [2.24, 2.45) is 11.7 Å². The van der Waals surface area contributed by atoms with Crippen molar-refractivity contribution in [1.29, 1.82) is 0 Å². The number of Topliss-reactive ketones (excluding diaryl/α,β-unsaturated/α-hetero) is 1. The second-order valence-corrected chi connectivity index (χ2v) is 6.48. The summed E-state index contributed by atoms with van der Waals surface area (Å²) in [6.07, 6.45) is 3.48. The molecule has 0 saturated heterocycles. The van der Waals surface area contributed by atoms with Gasteiger partial charge < -0.3 is 15.2 Å². The molecule has 1 aromatic rings. The van der Waals surface area contributed by atoms with Gasteiger partial charge in [0.05, 0.1) is 5.54 Å². The monoisotopic (exact) mass is 325 g/mol. The zero-order valence-corrected chi connectivity index (χ0v) is 14.7. The van der Waals surface area contributed by atoms with Gasteiger partial charge in [-0.1, -0.05) is 12.1 Å². The Balaban J connectivity index is 2.91. The molecule has 0 fully saturated rings. The molecule has 124 valence electrons. The largest absolute Gasteiger partial charge is 0.385 e. The van der Waals surface area contributed by atoms with Gasteiger partial charge in [0.1, 0.15) is 0 Å². The summed E-state index contributed by atoms with van der Waals surface area (Å²) in [6, 6.07) is 7.60. The van der Waals surface area contributed by atoms with Crippen LogP contribution in [0.1, 0.15) is 30.1 Å². The minimum Gasteiger partial charge on any atom is -0.385 e. The number of hydrogen-bond acceptors (Lipinski definition) is 5. The molecule has 0 aliphatic carbocycles. The predicted octanol–water partition coefficient (Wildman–Crippen LogP) is 3.00. The lowest BCUT2D eigenvalue weighted by Gasteiger charge is -2.33. The summed E-state index contributed by atoms with van der Waals surface area (Å²) in [6.45, 7) is 2.98. The molecule has 1 unspecified atom stereocenters. The topological polar surface area (TPSA) is 61.6 Å². The van der Waals surface area contributed by atoms with Gasteiger partial charge in [-0.05, 0) is 44.1 Å². The number of ketones is 1. The Morgan fingerprint density at radius 1 is 1.18 bits per heavy atom. The summed E-state index contributed by atoms with van der Waals surface area (Å²) < 4.78 is 10.3. The molecular formula is C17H27NO3S. The van der Waals surface area contributed by atoms with Gasteiger partial charge in [0.2, 0.25) is 0 Å². The number of nitrogens with two attached hydrogens (primary N) is 1. The zero-order valence-electron chi connectivity index (χ0n) is 13.9. The van der Waals surface area contributed by atoms with Crippen LogP contribution >= 0.6 is 11.8 Å². The van der Waals surface area contributed by atoms with Crippen LogP contribution in [0.5, 0.6) is 0 Å². The summed E-state index contributed by atoms with van der Waals surface area (Å²) in [5.41, 5.74) is 6.15. The fourth-order valence-corrected chi connectivity index (χ4v) is 2.91. The van der Waals surface area contributed by atoms with Crippen LogP contribution in [-0.2, 0) is 9.47 Å². The Hall–Kier alpha value is -0.880. The minimum atomic E-state index is -0.933. The van der Waals surface area contributed by atoms with E-state index in [0.29, 0.717) is 18.8 Å². The predicted molar refractivity (Wildman–Crippen MR) is 91.6 cm³/mol. The minimum absolute atomic E-state index is 0.0140. The van der Waals surface area contributed by atoms with Crippen molar-refractivity contribution in [2.45, 2.75) is 30.2 Å². The summed E-state index contributed by atoms with van der Waals surface area (Å²) in [7, 11) is 3.31. The number of thioether (sulfide) groups is 1. The number of hydrogen-bond donors (Lipinski definition) is 1. The number of carbonyl (C=O) groups is 1. The van der Waals surface area contributed by atoms with Crippen LogP contribution in [0, 0.1) is 5.92 Å². The van der Waals surface area contributed by atoms with Crippen molar-refractivity contribution in [1.82, 2.24) is 0 Å². The second kappa shape index (κ2) is 9.30. The van der Waals surface area contributed by atoms with Gasteiger partial charge in [0.25, 0.3) is 0 Å². The van der Waals surface area contributed by atoms with Gasteiger partial charge in [-0.25, -0.2) is 0 Å². The van der Waals surface area contributed by atoms with E-state index in [4.69, 9.17) is 15.2 Å². The van der Waals surface area contributed by atoms with Crippen molar-refractivity contribution in [3.05, 3.63) is 29.8 Å². The van der Waals surface area contributed by atoms with E-state index in [1.807, 2.05) is 37.4 Å². The Morgan fingerprint density at radius 3 is 2.09 bits per heavy atom. The fourth-order valence-electron chi connectivity index (χ4n) is 2.50. The molecule has 0 aromatic heterocycles. The summed E-state index contributed by atoms with van der Waals surface area (Å²) >= 11 is 1.65. The molecule has 0 heterocycles. The van der Waals surface area contributed by atoms with Gasteiger partial charge in [-0.3, -0.25) is 4.79 Å².